The molecular formula is C15H11ClN2O3S. The zero-order valence-corrected chi connectivity index (χ0v) is 13.1. The molecule has 0 aliphatic heterocycles. The lowest BCUT2D eigenvalue weighted by Gasteiger charge is -1.96. The van der Waals surface area contributed by atoms with Gasteiger partial charge in [0.15, 0.2) is 6.61 Å². The Hall–Kier alpha value is -2.18. The lowest BCUT2D eigenvalue weighted by atomic mass is 10.2. The lowest BCUT2D eigenvalue weighted by molar-refractivity contribution is -0.139. The lowest BCUT2D eigenvalue weighted by Crippen LogP contribution is -2.00. The average Bonchev–Trinajstić information content (AvgIpc) is 3.07. The maximum absolute atomic E-state index is 11.7. The van der Waals surface area contributed by atoms with Crippen molar-refractivity contribution in [3.63, 3.8) is 0 Å². The Morgan fingerprint density at radius 3 is 2.95 bits per heavy atom. The number of fused-ring (bicyclic) bond motifs is 1. The molecule has 0 amide bonds. The Kier molecular flexibility index (Phi) is 4.22. The number of thiophene rings is 1. The van der Waals surface area contributed by atoms with Gasteiger partial charge in [-0.05, 0) is 12.1 Å². The van der Waals surface area contributed by atoms with Crippen LogP contribution in [0.15, 0.2) is 34.8 Å². The van der Waals surface area contributed by atoms with Crippen LogP contribution in [0.5, 0.6) is 0 Å². The first-order valence-electron chi connectivity index (χ1n) is 6.44. The van der Waals surface area contributed by atoms with E-state index >= 15 is 0 Å². The van der Waals surface area contributed by atoms with E-state index in [0.717, 1.165) is 15.0 Å². The maximum Gasteiger partial charge on any atom is 0.331 e. The molecule has 0 aliphatic rings. The largest absolute Gasteiger partial charge is 0.452 e. The summed E-state index contributed by atoms with van der Waals surface area (Å²) in [7, 11) is 0. The Morgan fingerprint density at radius 1 is 1.41 bits per heavy atom. The first kappa shape index (κ1) is 14.7. The van der Waals surface area contributed by atoms with E-state index < -0.39 is 5.97 Å². The van der Waals surface area contributed by atoms with Crippen LogP contribution in [-0.4, -0.2) is 16.2 Å². The van der Waals surface area contributed by atoms with Crippen LogP contribution < -0.4 is 0 Å². The number of hydrogen-bond donors (Lipinski definition) is 0. The van der Waals surface area contributed by atoms with Crippen LogP contribution in [0.25, 0.3) is 16.2 Å². The van der Waals surface area contributed by atoms with Crippen molar-refractivity contribution < 1.29 is 13.9 Å². The van der Waals surface area contributed by atoms with Gasteiger partial charge in [-0.25, -0.2) is 4.79 Å². The molecule has 1 aromatic carbocycles. The molecule has 0 unspecified atom stereocenters. The third kappa shape index (κ3) is 3.18. The number of halogens is 1. The van der Waals surface area contributed by atoms with Crippen molar-refractivity contribution in [2.75, 3.05) is 0 Å². The van der Waals surface area contributed by atoms with Crippen LogP contribution in [0.1, 0.15) is 16.7 Å². The maximum atomic E-state index is 11.7. The second-order valence-electron chi connectivity index (χ2n) is 4.43. The van der Waals surface area contributed by atoms with Gasteiger partial charge in [0.2, 0.25) is 5.89 Å². The van der Waals surface area contributed by atoms with E-state index in [4.69, 9.17) is 20.8 Å². The summed E-state index contributed by atoms with van der Waals surface area (Å²) in [5, 5.41) is 9.01. The summed E-state index contributed by atoms with van der Waals surface area (Å²) in [5.41, 5.74) is 0. The zero-order chi connectivity index (χ0) is 15.5. The van der Waals surface area contributed by atoms with Crippen LogP contribution in [0.3, 0.4) is 0 Å². The molecule has 0 fully saturated rings. The van der Waals surface area contributed by atoms with Crippen molar-refractivity contribution in [2.24, 2.45) is 0 Å². The second-order valence-corrected chi connectivity index (χ2v) is 5.89. The summed E-state index contributed by atoms with van der Waals surface area (Å²) in [6.07, 6.45) is 2.98. The number of ether oxygens (including phenoxy) is 1. The Bertz CT molecular complexity index is 853. The van der Waals surface area contributed by atoms with Gasteiger partial charge in [-0.3, -0.25) is 0 Å². The topological polar surface area (TPSA) is 65.2 Å². The molecule has 5 nitrogen and oxygen atoms in total. The van der Waals surface area contributed by atoms with Gasteiger partial charge in [0.25, 0.3) is 5.89 Å². The summed E-state index contributed by atoms with van der Waals surface area (Å²) in [5.74, 6) is 0.196. The van der Waals surface area contributed by atoms with Crippen LogP contribution in [0.4, 0.5) is 0 Å². The number of hydrogen-bond acceptors (Lipinski definition) is 6. The van der Waals surface area contributed by atoms with E-state index in [1.807, 2.05) is 24.3 Å². The molecule has 0 N–H and O–H groups in total. The summed E-state index contributed by atoms with van der Waals surface area (Å²) in [6, 6.07) is 7.81. The van der Waals surface area contributed by atoms with Gasteiger partial charge in [0, 0.05) is 28.0 Å². The van der Waals surface area contributed by atoms with Crippen LogP contribution in [0.2, 0.25) is 5.02 Å². The molecule has 3 aromatic rings. The highest BCUT2D eigenvalue weighted by atomic mass is 35.5. The van der Waals surface area contributed by atoms with E-state index in [9.17, 15) is 4.79 Å². The molecule has 0 radical (unpaired) electrons. The summed E-state index contributed by atoms with van der Waals surface area (Å²) < 4.78 is 11.2. The molecule has 0 spiro atoms. The molecule has 0 atom stereocenters. The molecule has 22 heavy (non-hydrogen) atoms. The van der Waals surface area contributed by atoms with Crippen LogP contribution in [0, 0.1) is 6.92 Å². The van der Waals surface area contributed by atoms with Crippen molar-refractivity contribution in [3.05, 3.63) is 52.0 Å². The molecule has 2 aromatic heterocycles. The molecule has 0 bridgehead atoms. The predicted octanol–water partition coefficient (Wildman–Crippen LogP) is 4.00. The predicted molar refractivity (Wildman–Crippen MR) is 84.7 cm³/mol. The van der Waals surface area contributed by atoms with Gasteiger partial charge < -0.3 is 9.15 Å². The first-order valence-corrected chi connectivity index (χ1v) is 7.64. The van der Waals surface area contributed by atoms with E-state index in [2.05, 4.69) is 10.2 Å². The number of benzene rings is 1. The van der Waals surface area contributed by atoms with Gasteiger partial charge in [-0.15, -0.1) is 21.5 Å². The third-order valence-corrected chi connectivity index (χ3v) is 4.49. The standard InChI is InChI=1S/C15H11ClN2O3S/c1-9-17-18-13(21-9)8-20-14(19)7-6-12-15(16)10-4-2-3-5-11(10)22-12/h2-7H,8H2,1H3. The minimum absolute atomic E-state index is 0.0514. The average molecular weight is 335 g/mol. The van der Waals surface area contributed by atoms with E-state index in [-0.39, 0.29) is 12.5 Å². The van der Waals surface area contributed by atoms with Crippen molar-refractivity contribution in [1.82, 2.24) is 10.2 Å². The summed E-state index contributed by atoms with van der Waals surface area (Å²) in [4.78, 5) is 12.5. The number of rotatable bonds is 4. The third-order valence-electron chi connectivity index (χ3n) is 2.84. The number of nitrogens with zero attached hydrogens (tertiary/aromatic N) is 2. The Morgan fingerprint density at radius 2 is 2.23 bits per heavy atom. The molecule has 7 heteroatoms. The fraction of sp³-hybridized carbons (Fsp3) is 0.133. The van der Waals surface area contributed by atoms with Crippen molar-refractivity contribution in [1.29, 1.82) is 0 Å². The molecular weight excluding hydrogens is 324 g/mol. The van der Waals surface area contributed by atoms with Gasteiger partial charge in [0.1, 0.15) is 0 Å². The van der Waals surface area contributed by atoms with E-state index in [0.29, 0.717) is 10.9 Å². The monoisotopic (exact) mass is 334 g/mol. The Labute approximate surface area is 135 Å². The fourth-order valence-corrected chi connectivity index (χ4v) is 3.26. The smallest absolute Gasteiger partial charge is 0.331 e. The van der Waals surface area contributed by atoms with Crippen LogP contribution >= 0.6 is 22.9 Å². The Balaban J connectivity index is 1.67. The number of aromatic nitrogens is 2. The molecule has 3 rings (SSSR count). The molecule has 0 saturated heterocycles. The number of carbonyl (C=O) groups is 1. The first-order chi connectivity index (χ1) is 10.6. The van der Waals surface area contributed by atoms with E-state index in [1.54, 1.807) is 13.0 Å². The normalized spacial score (nSPS) is 11.4. The zero-order valence-electron chi connectivity index (χ0n) is 11.6. The summed E-state index contributed by atoms with van der Waals surface area (Å²) in [6.45, 7) is 1.62. The van der Waals surface area contributed by atoms with Crippen molar-refractivity contribution in [3.8, 4) is 0 Å². The van der Waals surface area contributed by atoms with E-state index in [1.165, 1.54) is 17.4 Å². The molecule has 112 valence electrons. The quantitative estimate of drug-likeness (QED) is 0.533. The van der Waals surface area contributed by atoms with Crippen LogP contribution in [-0.2, 0) is 16.1 Å². The van der Waals surface area contributed by atoms with Gasteiger partial charge in [-0.2, -0.15) is 0 Å². The van der Waals surface area contributed by atoms with Crippen molar-refractivity contribution in [2.45, 2.75) is 13.5 Å². The minimum atomic E-state index is -0.496. The molecule has 2 heterocycles. The van der Waals surface area contributed by atoms with Gasteiger partial charge in [0.05, 0.1) is 5.02 Å². The second kappa shape index (κ2) is 6.29. The summed E-state index contributed by atoms with van der Waals surface area (Å²) >= 11 is 7.81. The minimum Gasteiger partial charge on any atom is -0.452 e. The SMILES string of the molecule is Cc1nnc(COC(=O)C=Cc2sc3ccccc3c2Cl)o1. The highest BCUT2D eigenvalue weighted by Crippen LogP contribution is 2.35. The highest BCUT2D eigenvalue weighted by Gasteiger charge is 2.09. The molecule has 0 saturated carbocycles. The highest BCUT2D eigenvalue weighted by molar-refractivity contribution is 7.20. The number of aryl methyl sites for hydroxylation is 1. The van der Waals surface area contributed by atoms with Gasteiger partial charge >= 0.3 is 5.97 Å². The molecule has 0 aliphatic carbocycles. The number of esters is 1. The van der Waals surface area contributed by atoms with Crippen molar-refractivity contribution >= 4 is 45.1 Å². The number of carbonyl (C=O) groups excluding carboxylic acids is 1. The fourth-order valence-electron chi connectivity index (χ4n) is 1.86. The van der Waals surface area contributed by atoms with Gasteiger partial charge in [-0.1, -0.05) is 29.8 Å².